The first-order valence-corrected chi connectivity index (χ1v) is 11.0. The molecule has 0 bridgehead atoms. The monoisotopic (exact) mass is 434 g/mol. The first kappa shape index (κ1) is 21.9. The molecule has 4 heterocycles. The van der Waals surface area contributed by atoms with E-state index in [4.69, 9.17) is 4.98 Å². The van der Waals surface area contributed by atoms with E-state index in [1.54, 1.807) is 24.9 Å². The zero-order valence-electron chi connectivity index (χ0n) is 19.5. The highest BCUT2D eigenvalue weighted by molar-refractivity contribution is 5.94. The highest BCUT2D eigenvalue weighted by atomic mass is 16.1. The van der Waals surface area contributed by atoms with Gasteiger partial charge in [-0.05, 0) is 31.7 Å². The second kappa shape index (κ2) is 8.29. The number of hydrogen-bond donors (Lipinski definition) is 1. The molecule has 1 aliphatic rings. The van der Waals surface area contributed by atoms with Crippen LogP contribution in [0.4, 0.5) is 11.5 Å². The van der Waals surface area contributed by atoms with Crippen LogP contribution in [0, 0.1) is 5.41 Å². The summed E-state index contributed by atoms with van der Waals surface area (Å²) in [5, 5.41) is 11.5. The van der Waals surface area contributed by atoms with Crippen molar-refractivity contribution in [3.8, 4) is 17.1 Å². The Morgan fingerprint density at radius 1 is 1.25 bits per heavy atom. The van der Waals surface area contributed by atoms with Gasteiger partial charge in [-0.3, -0.25) is 14.3 Å². The van der Waals surface area contributed by atoms with Crippen molar-refractivity contribution in [2.24, 2.45) is 5.41 Å². The van der Waals surface area contributed by atoms with E-state index in [1.807, 2.05) is 31.4 Å². The highest BCUT2D eigenvalue weighted by Crippen LogP contribution is 2.40. The smallest absolute Gasteiger partial charge is 0.224 e. The highest BCUT2D eigenvalue weighted by Gasteiger charge is 2.35. The molecule has 1 aliphatic heterocycles. The fourth-order valence-corrected chi connectivity index (χ4v) is 4.13. The van der Waals surface area contributed by atoms with Crippen LogP contribution in [0.2, 0.25) is 0 Å². The van der Waals surface area contributed by atoms with E-state index >= 15 is 0 Å². The summed E-state index contributed by atoms with van der Waals surface area (Å²) in [6.45, 7) is 12.5. The van der Waals surface area contributed by atoms with Crippen molar-refractivity contribution in [2.45, 2.75) is 66.5 Å². The molecule has 9 heteroatoms. The molecule has 1 atom stereocenters. The lowest BCUT2D eigenvalue weighted by molar-refractivity contribution is -0.117. The van der Waals surface area contributed by atoms with Crippen LogP contribution in [0.5, 0.6) is 0 Å². The van der Waals surface area contributed by atoms with Crippen LogP contribution >= 0.6 is 0 Å². The van der Waals surface area contributed by atoms with Gasteiger partial charge in [-0.2, -0.15) is 0 Å². The number of carbonyl (C=O) groups is 1. The lowest BCUT2D eigenvalue weighted by atomic mass is 9.92. The van der Waals surface area contributed by atoms with Crippen LogP contribution in [0.3, 0.4) is 0 Å². The Kier molecular flexibility index (Phi) is 5.66. The van der Waals surface area contributed by atoms with Crippen LogP contribution in [0.15, 0.2) is 31.0 Å². The average molecular weight is 435 g/mol. The number of aromatic nitrogens is 6. The van der Waals surface area contributed by atoms with Gasteiger partial charge in [-0.1, -0.05) is 27.7 Å². The molecule has 3 aromatic rings. The first-order chi connectivity index (χ1) is 15.2. The van der Waals surface area contributed by atoms with Gasteiger partial charge in [0.05, 0.1) is 24.1 Å². The molecule has 3 aromatic heterocycles. The molecular formula is C23H30N8O. The standard InChI is InChI=1S/C23H30N8O/c1-7-17-22-29-26-13-30(22)18-12-25-20(28-21(18)31(17)14(2)3)15-8-9-24-11-16(15)27-19(32)10-23(4,5)6/h8-9,11-14,17H,7,10H2,1-6H3,(H,27,32)/t17-/m1/s1. The third-order valence-electron chi connectivity index (χ3n) is 5.43. The van der Waals surface area contributed by atoms with E-state index in [1.165, 1.54) is 0 Å². The second-order valence-electron chi connectivity index (χ2n) is 9.59. The predicted octanol–water partition coefficient (Wildman–Crippen LogP) is 4.17. The first-order valence-electron chi connectivity index (χ1n) is 11.0. The number of fused-ring (bicyclic) bond motifs is 3. The van der Waals surface area contributed by atoms with Gasteiger partial charge in [0, 0.05) is 24.2 Å². The third-order valence-corrected chi connectivity index (χ3v) is 5.43. The van der Waals surface area contributed by atoms with E-state index in [0.717, 1.165) is 29.3 Å². The van der Waals surface area contributed by atoms with Gasteiger partial charge in [0.1, 0.15) is 12.0 Å². The van der Waals surface area contributed by atoms with Crippen molar-refractivity contribution in [2.75, 3.05) is 10.2 Å². The van der Waals surface area contributed by atoms with Crippen molar-refractivity contribution in [3.63, 3.8) is 0 Å². The summed E-state index contributed by atoms with van der Waals surface area (Å²) in [6, 6.07) is 2.10. The topological polar surface area (TPSA) is 102 Å². The molecule has 9 nitrogen and oxygen atoms in total. The lowest BCUT2D eigenvalue weighted by Crippen LogP contribution is -2.40. The summed E-state index contributed by atoms with van der Waals surface area (Å²) in [5.41, 5.74) is 2.07. The van der Waals surface area contributed by atoms with Crippen molar-refractivity contribution >= 4 is 17.4 Å². The Labute approximate surface area is 188 Å². The zero-order valence-corrected chi connectivity index (χ0v) is 19.5. The van der Waals surface area contributed by atoms with E-state index in [0.29, 0.717) is 17.9 Å². The molecule has 0 aliphatic carbocycles. The van der Waals surface area contributed by atoms with Crippen molar-refractivity contribution in [1.29, 1.82) is 0 Å². The fourth-order valence-electron chi connectivity index (χ4n) is 4.13. The van der Waals surface area contributed by atoms with Crippen LogP contribution in [0.1, 0.15) is 66.3 Å². The minimum atomic E-state index is -0.113. The van der Waals surface area contributed by atoms with Crippen LogP contribution in [-0.2, 0) is 4.79 Å². The van der Waals surface area contributed by atoms with Gasteiger partial charge in [0.2, 0.25) is 5.91 Å². The summed E-state index contributed by atoms with van der Waals surface area (Å²) in [7, 11) is 0. The number of pyridine rings is 1. The maximum Gasteiger partial charge on any atom is 0.224 e. The number of rotatable bonds is 5. The summed E-state index contributed by atoms with van der Waals surface area (Å²) in [4.78, 5) is 28.6. The van der Waals surface area contributed by atoms with E-state index in [2.05, 4.69) is 51.2 Å². The molecule has 0 spiro atoms. The number of nitrogens with one attached hydrogen (secondary N) is 1. The molecule has 0 radical (unpaired) electrons. The Hall–Kier alpha value is -3.36. The second-order valence-corrected chi connectivity index (χ2v) is 9.59. The Balaban J connectivity index is 1.78. The molecule has 0 fully saturated rings. The predicted molar refractivity (Wildman–Crippen MR) is 124 cm³/mol. The van der Waals surface area contributed by atoms with Crippen molar-refractivity contribution in [1.82, 2.24) is 29.7 Å². The SMILES string of the molecule is CC[C@@H]1c2nncn2-c2cnc(-c3ccncc3NC(=O)CC(C)(C)C)nc2N1C(C)C. The normalized spacial score (nSPS) is 15.5. The maximum absolute atomic E-state index is 12.6. The lowest BCUT2D eigenvalue weighted by Gasteiger charge is -2.39. The Morgan fingerprint density at radius 2 is 2.03 bits per heavy atom. The Bertz CT molecular complexity index is 1130. The molecule has 0 aromatic carbocycles. The average Bonchev–Trinajstić information content (AvgIpc) is 3.21. The number of amides is 1. The van der Waals surface area contributed by atoms with Crippen molar-refractivity contribution < 1.29 is 4.79 Å². The molecule has 32 heavy (non-hydrogen) atoms. The van der Waals surface area contributed by atoms with Crippen LogP contribution < -0.4 is 10.2 Å². The van der Waals surface area contributed by atoms with Crippen molar-refractivity contribution in [3.05, 3.63) is 36.8 Å². The number of nitrogens with zero attached hydrogens (tertiary/aromatic N) is 7. The molecule has 168 valence electrons. The van der Waals surface area contributed by atoms with E-state index < -0.39 is 0 Å². The minimum Gasteiger partial charge on any atom is -0.342 e. The van der Waals surface area contributed by atoms with Crippen LogP contribution in [0.25, 0.3) is 17.1 Å². The number of carbonyl (C=O) groups excluding carboxylic acids is 1. The molecular weight excluding hydrogens is 404 g/mol. The summed E-state index contributed by atoms with van der Waals surface area (Å²) >= 11 is 0. The van der Waals surface area contributed by atoms with Gasteiger partial charge in [0.15, 0.2) is 17.5 Å². The van der Waals surface area contributed by atoms with E-state index in [9.17, 15) is 4.79 Å². The third kappa shape index (κ3) is 4.06. The molecule has 1 amide bonds. The molecule has 0 saturated heterocycles. The van der Waals surface area contributed by atoms with Gasteiger partial charge in [0.25, 0.3) is 0 Å². The summed E-state index contributed by atoms with van der Waals surface area (Å²) in [5.74, 6) is 2.19. The zero-order chi connectivity index (χ0) is 23.0. The molecule has 0 unspecified atom stereocenters. The van der Waals surface area contributed by atoms with Gasteiger partial charge < -0.3 is 10.2 Å². The quantitative estimate of drug-likeness (QED) is 0.643. The summed E-state index contributed by atoms with van der Waals surface area (Å²) in [6.07, 6.45) is 8.12. The minimum absolute atomic E-state index is 0.0614. The summed E-state index contributed by atoms with van der Waals surface area (Å²) < 4.78 is 1.96. The van der Waals surface area contributed by atoms with Crippen LogP contribution in [-0.4, -0.2) is 41.7 Å². The number of hydrogen-bond acceptors (Lipinski definition) is 7. The van der Waals surface area contributed by atoms with Gasteiger partial charge in [-0.15, -0.1) is 10.2 Å². The van der Waals surface area contributed by atoms with Gasteiger partial charge in [-0.25, -0.2) is 9.97 Å². The maximum atomic E-state index is 12.6. The Morgan fingerprint density at radius 3 is 2.72 bits per heavy atom. The molecule has 1 N–H and O–H groups in total. The molecule has 0 saturated carbocycles. The van der Waals surface area contributed by atoms with Gasteiger partial charge >= 0.3 is 0 Å². The van der Waals surface area contributed by atoms with E-state index in [-0.39, 0.29) is 23.4 Å². The number of anilines is 2. The molecule has 4 rings (SSSR count). The fraction of sp³-hybridized carbons (Fsp3) is 0.478. The largest absolute Gasteiger partial charge is 0.342 e.